The molecule has 0 aromatic heterocycles. The lowest BCUT2D eigenvalue weighted by molar-refractivity contribution is 0.221. The quantitative estimate of drug-likeness (QED) is 0.358. The molecule has 5 nitrogen and oxygen atoms in total. The molecule has 0 radical (unpaired) electrons. The van der Waals surface area contributed by atoms with Crippen molar-refractivity contribution in [2.24, 2.45) is 4.99 Å². The number of guanidine groups is 1. The van der Waals surface area contributed by atoms with Crippen LogP contribution in [0.5, 0.6) is 0 Å². The van der Waals surface area contributed by atoms with Crippen LogP contribution >= 0.6 is 0 Å². The second kappa shape index (κ2) is 12.9. The molecule has 1 aromatic rings. The number of hydrogen-bond acceptors (Lipinski definition) is 3. The molecule has 29 heavy (non-hydrogen) atoms. The Labute approximate surface area is 178 Å². The lowest BCUT2D eigenvalue weighted by Gasteiger charge is -2.26. The van der Waals surface area contributed by atoms with Gasteiger partial charge in [-0.3, -0.25) is 4.90 Å². The summed E-state index contributed by atoms with van der Waals surface area (Å²) in [5.74, 6) is 0.936. The molecular formula is C24H41N5. The highest BCUT2D eigenvalue weighted by atomic mass is 15.2. The minimum Gasteiger partial charge on any atom is -0.357 e. The average Bonchev–Trinajstić information content (AvgIpc) is 3.27. The first-order valence-corrected chi connectivity index (χ1v) is 11.9. The van der Waals surface area contributed by atoms with E-state index >= 15 is 0 Å². The maximum absolute atomic E-state index is 4.78. The third kappa shape index (κ3) is 8.35. The Morgan fingerprint density at radius 1 is 0.828 bits per heavy atom. The van der Waals surface area contributed by atoms with Crippen LogP contribution in [0.25, 0.3) is 0 Å². The Bertz CT molecular complexity index is 586. The molecule has 2 saturated heterocycles. The lowest BCUT2D eigenvalue weighted by Crippen LogP contribution is -2.38. The van der Waals surface area contributed by atoms with Crippen molar-refractivity contribution in [3.8, 4) is 0 Å². The highest BCUT2D eigenvalue weighted by Gasteiger charge is 2.11. The van der Waals surface area contributed by atoms with E-state index in [0.717, 1.165) is 32.1 Å². The third-order valence-electron chi connectivity index (χ3n) is 6.03. The number of aliphatic imine (C=N–C) groups is 1. The zero-order valence-corrected chi connectivity index (χ0v) is 18.5. The fraction of sp³-hybridized carbons (Fsp3) is 0.708. The van der Waals surface area contributed by atoms with E-state index in [-0.39, 0.29) is 0 Å². The molecule has 0 spiro atoms. The number of piperidine rings is 1. The average molecular weight is 400 g/mol. The first-order valence-electron chi connectivity index (χ1n) is 11.9. The number of likely N-dealkylation sites (tertiary alicyclic amines) is 2. The molecule has 2 aliphatic rings. The SMILES string of the molecule is CCNC(=NCc1ccc(CN2CCCCC2)cc1)NCCCCN1CCCC1. The van der Waals surface area contributed by atoms with E-state index in [2.05, 4.69) is 51.6 Å². The number of unbranched alkanes of at least 4 members (excludes halogenated alkanes) is 1. The van der Waals surface area contributed by atoms with Crippen molar-refractivity contribution in [2.75, 3.05) is 45.8 Å². The predicted octanol–water partition coefficient (Wildman–Crippen LogP) is 3.60. The van der Waals surface area contributed by atoms with Gasteiger partial charge in [0.2, 0.25) is 0 Å². The van der Waals surface area contributed by atoms with Crippen LogP contribution in [0.2, 0.25) is 0 Å². The number of benzene rings is 1. The van der Waals surface area contributed by atoms with Crippen molar-refractivity contribution in [1.29, 1.82) is 0 Å². The second-order valence-electron chi connectivity index (χ2n) is 8.53. The number of hydrogen-bond donors (Lipinski definition) is 2. The summed E-state index contributed by atoms with van der Waals surface area (Å²) >= 11 is 0. The smallest absolute Gasteiger partial charge is 0.191 e. The summed E-state index contributed by atoms with van der Waals surface area (Å²) in [5, 5.41) is 6.87. The van der Waals surface area contributed by atoms with E-state index in [1.807, 2.05) is 0 Å². The van der Waals surface area contributed by atoms with Crippen molar-refractivity contribution in [2.45, 2.75) is 65.0 Å². The summed E-state index contributed by atoms with van der Waals surface area (Å²) in [6.07, 6.45) is 9.34. The predicted molar refractivity (Wildman–Crippen MR) is 123 cm³/mol. The highest BCUT2D eigenvalue weighted by Crippen LogP contribution is 2.14. The van der Waals surface area contributed by atoms with Crippen molar-refractivity contribution in [3.05, 3.63) is 35.4 Å². The fourth-order valence-electron chi connectivity index (χ4n) is 4.31. The minimum absolute atomic E-state index is 0.729. The first-order chi connectivity index (χ1) is 14.3. The van der Waals surface area contributed by atoms with Crippen LogP contribution in [0, 0.1) is 0 Å². The Kier molecular flexibility index (Phi) is 9.80. The van der Waals surface area contributed by atoms with Crippen LogP contribution in [-0.4, -0.2) is 61.6 Å². The zero-order chi connectivity index (χ0) is 20.2. The molecule has 1 aromatic carbocycles. The van der Waals surface area contributed by atoms with Crippen LogP contribution in [-0.2, 0) is 13.1 Å². The van der Waals surface area contributed by atoms with Gasteiger partial charge in [0, 0.05) is 19.6 Å². The topological polar surface area (TPSA) is 42.9 Å². The maximum Gasteiger partial charge on any atom is 0.191 e. The van der Waals surface area contributed by atoms with E-state index in [0.29, 0.717) is 0 Å². The van der Waals surface area contributed by atoms with Crippen molar-refractivity contribution >= 4 is 5.96 Å². The lowest BCUT2D eigenvalue weighted by atomic mass is 10.1. The highest BCUT2D eigenvalue weighted by molar-refractivity contribution is 5.79. The Balaban J connectivity index is 1.37. The number of rotatable bonds is 10. The van der Waals surface area contributed by atoms with Gasteiger partial charge in [-0.25, -0.2) is 4.99 Å². The van der Waals surface area contributed by atoms with Gasteiger partial charge in [-0.1, -0.05) is 30.7 Å². The molecule has 2 heterocycles. The first kappa shape index (κ1) is 22.1. The summed E-state index contributed by atoms with van der Waals surface area (Å²) in [6.45, 7) is 12.2. The maximum atomic E-state index is 4.78. The monoisotopic (exact) mass is 399 g/mol. The van der Waals surface area contributed by atoms with Crippen LogP contribution < -0.4 is 10.6 Å². The number of nitrogens with one attached hydrogen (secondary N) is 2. The third-order valence-corrected chi connectivity index (χ3v) is 6.03. The van der Waals surface area contributed by atoms with E-state index in [1.54, 1.807) is 0 Å². The normalized spacial score (nSPS) is 18.9. The van der Waals surface area contributed by atoms with Gasteiger partial charge < -0.3 is 15.5 Å². The van der Waals surface area contributed by atoms with Gasteiger partial charge >= 0.3 is 0 Å². The van der Waals surface area contributed by atoms with Gasteiger partial charge in [-0.2, -0.15) is 0 Å². The van der Waals surface area contributed by atoms with Crippen LogP contribution in [0.3, 0.4) is 0 Å². The Morgan fingerprint density at radius 3 is 2.21 bits per heavy atom. The van der Waals surface area contributed by atoms with Crippen LogP contribution in [0.15, 0.2) is 29.3 Å². The van der Waals surface area contributed by atoms with Crippen LogP contribution in [0.1, 0.15) is 63.0 Å². The summed E-state index contributed by atoms with van der Waals surface area (Å²) in [7, 11) is 0. The molecule has 0 saturated carbocycles. The van der Waals surface area contributed by atoms with Crippen molar-refractivity contribution < 1.29 is 0 Å². The molecule has 0 aliphatic carbocycles. The summed E-state index contributed by atoms with van der Waals surface area (Å²) in [4.78, 5) is 9.95. The molecule has 0 amide bonds. The van der Waals surface area contributed by atoms with Gasteiger partial charge in [-0.05, 0) is 89.3 Å². The Hall–Kier alpha value is -1.59. The number of nitrogens with zero attached hydrogens (tertiary/aromatic N) is 3. The van der Waals surface area contributed by atoms with Gasteiger partial charge in [0.25, 0.3) is 0 Å². The van der Waals surface area contributed by atoms with Crippen LogP contribution in [0.4, 0.5) is 0 Å². The molecule has 0 unspecified atom stereocenters. The summed E-state index contributed by atoms with van der Waals surface area (Å²) in [5.41, 5.74) is 2.70. The largest absolute Gasteiger partial charge is 0.357 e. The summed E-state index contributed by atoms with van der Waals surface area (Å²) < 4.78 is 0. The minimum atomic E-state index is 0.729. The molecule has 0 atom stereocenters. The molecule has 2 N–H and O–H groups in total. The van der Waals surface area contributed by atoms with Gasteiger partial charge in [0.05, 0.1) is 6.54 Å². The van der Waals surface area contributed by atoms with E-state index < -0.39 is 0 Å². The van der Waals surface area contributed by atoms with Gasteiger partial charge in [0.15, 0.2) is 5.96 Å². The molecule has 3 rings (SSSR count). The molecule has 0 bridgehead atoms. The second-order valence-corrected chi connectivity index (χ2v) is 8.53. The standard InChI is InChI=1S/C24H41N5/c1-2-25-24(26-14-4-7-15-28-16-8-9-17-28)27-20-22-10-12-23(13-11-22)21-29-18-5-3-6-19-29/h10-13H,2-9,14-21H2,1H3,(H2,25,26,27). The summed E-state index contributed by atoms with van der Waals surface area (Å²) in [6, 6.07) is 9.03. The molecule has 5 heteroatoms. The van der Waals surface area contributed by atoms with E-state index in [4.69, 9.17) is 4.99 Å². The van der Waals surface area contributed by atoms with Gasteiger partial charge in [0.1, 0.15) is 0 Å². The molecular weight excluding hydrogens is 358 g/mol. The molecule has 2 aliphatic heterocycles. The zero-order valence-electron chi connectivity index (χ0n) is 18.5. The Morgan fingerprint density at radius 2 is 1.48 bits per heavy atom. The van der Waals surface area contributed by atoms with E-state index in [9.17, 15) is 0 Å². The molecule has 162 valence electrons. The molecule has 2 fully saturated rings. The van der Waals surface area contributed by atoms with Crippen molar-refractivity contribution in [1.82, 2.24) is 20.4 Å². The van der Waals surface area contributed by atoms with Gasteiger partial charge in [-0.15, -0.1) is 0 Å². The van der Waals surface area contributed by atoms with E-state index in [1.165, 1.54) is 88.8 Å². The fourth-order valence-corrected chi connectivity index (χ4v) is 4.31. The van der Waals surface area contributed by atoms with Crippen molar-refractivity contribution in [3.63, 3.8) is 0 Å².